The molecule has 5 heteroatoms. The molecule has 0 saturated carbocycles. The lowest BCUT2D eigenvalue weighted by molar-refractivity contribution is -0.110. The molecule has 0 aromatic heterocycles. The topological polar surface area (TPSA) is 30.5 Å². The largest absolute Gasteiger partial charge is 0.381 e. The third kappa shape index (κ3) is 3.95. The maximum absolute atomic E-state index is 13.5. The highest BCUT2D eigenvalue weighted by Gasteiger charge is 2.40. The van der Waals surface area contributed by atoms with Crippen molar-refractivity contribution in [2.75, 3.05) is 26.9 Å². The average molecular weight is 316 g/mol. The molecular weight excluding hydrogens is 293 g/mol. The summed E-state index contributed by atoms with van der Waals surface area (Å²) in [4.78, 5) is 0. The van der Waals surface area contributed by atoms with Gasteiger partial charge >= 0.3 is 0 Å². The summed E-state index contributed by atoms with van der Waals surface area (Å²) >= 11 is 6.21. The van der Waals surface area contributed by atoms with Gasteiger partial charge in [-0.15, -0.1) is 0 Å². The van der Waals surface area contributed by atoms with E-state index in [1.54, 1.807) is 13.2 Å². The molecule has 0 bridgehead atoms. The molecule has 0 spiro atoms. The van der Waals surface area contributed by atoms with Gasteiger partial charge in [0.1, 0.15) is 5.82 Å². The van der Waals surface area contributed by atoms with Crippen LogP contribution in [-0.2, 0) is 15.9 Å². The van der Waals surface area contributed by atoms with E-state index >= 15 is 0 Å². The molecule has 1 aliphatic rings. The van der Waals surface area contributed by atoms with Crippen LogP contribution in [0.2, 0.25) is 5.02 Å². The molecule has 118 valence electrons. The second-order valence-corrected chi connectivity index (χ2v) is 5.84. The van der Waals surface area contributed by atoms with Crippen molar-refractivity contribution in [3.05, 3.63) is 34.6 Å². The Bertz CT molecular complexity index is 464. The minimum Gasteiger partial charge on any atom is -0.381 e. The fourth-order valence-electron chi connectivity index (χ4n) is 3.02. The maximum atomic E-state index is 13.5. The summed E-state index contributed by atoms with van der Waals surface area (Å²) in [6.07, 6.45) is 2.29. The molecule has 2 rings (SSSR count). The minimum absolute atomic E-state index is 0.0794. The van der Waals surface area contributed by atoms with Crippen molar-refractivity contribution in [2.24, 2.45) is 0 Å². The first-order valence-corrected chi connectivity index (χ1v) is 7.79. The first kappa shape index (κ1) is 16.7. The van der Waals surface area contributed by atoms with Crippen LogP contribution in [0.15, 0.2) is 18.2 Å². The van der Waals surface area contributed by atoms with Crippen LogP contribution in [0.25, 0.3) is 0 Å². The smallest absolute Gasteiger partial charge is 0.123 e. The number of ether oxygens (including phenoxy) is 2. The first-order chi connectivity index (χ1) is 10.1. The molecule has 3 nitrogen and oxygen atoms in total. The Morgan fingerprint density at radius 3 is 2.76 bits per heavy atom. The van der Waals surface area contributed by atoms with Crippen molar-refractivity contribution < 1.29 is 13.9 Å². The van der Waals surface area contributed by atoms with Crippen molar-refractivity contribution in [1.82, 2.24) is 5.32 Å². The molecule has 1 saturated heterocycles. The molecule has 1 unspecified atom stereocenters. The highest BCUT2D eigenvalue weighted by Crippen LogP contribution is 2.31. The quantitative estimate of drug-likeness (QED) is 0.874. The molecule has 1 aromatic carbocycles. The van der Waals surface area contributed by atoms with E-state index in [-0.39, 0.29) is 17.5 Å². The molecule has 21 heavy (non-hydrogen) atoms. The number of benzene rings is 1. The van der Waals surface area contributed by atoms with Gasteiger partial charge in [-0.05, 0) is 36.7 Å². The van der Waals surface area contributed by atoms with Crippen LogP contribution in [0.1, 0.15) is 25.3 Å². The molecular formula is C16H23ClFNO2. The Labute approximate surface area is 130 Å². The summed E-state index contributed by atoms with van der Waals surface area (Å²) in [5, 5.41) is 4.07. The van der Waals surface area contributed by atoms with Crippen LogP contribution in [-0.4, -0.2) is 38.5 Å². The lowest BCUT2D eigenvalue weighted by Crippen LogP contribution is -2.56. The molecule has 1 atom stereocenters. The van der Waals surface area contributed by atoms with Gasteiger partial charge in [0.15, 0.2) is 0 Å². The van der Waals surface area contributed by atoms with E-state index in [9.17, 15) is 4.39 Å². The van der Waals surface area contributed by atoms with E-state index in [1.807, 2.05) is 0 Å². The van der Waals surface area contributed by atoms with Crippen LogP contribution in [0.5, 0.6) is 0 Å². The van der Waals surface area contributed by atoms with Crippen molar-refractivity contribution in [3.63, 3.8) is 0 Å². The van der Waals surface area contributed by atoms with E-state index in [2.05, 4.69) is 12.2 Å². The fraction of sp³-hybridized carbons (Fsp3) is 0.625. The lowest BCUT2D eigenvalue weighted by Gasteiger charge is -2.43. The molecule has 0 amide bonds. The van der Waals surface area contributed by atoms with Gasteiger partial charge < -0.3 is 14.8 Å². The summed E-state index contributed by atoms with van der Waals surface area (Å²) < 4.78 is 24.8. The van der Waals surface area contributed by atoms with Gasteiger partial charge in [0.25, 0.3) is 0 Å². The third-order valence-electron chi connectivity index (χ3n) is 4.26. The predicted octanol–water partition coefficient (Wildman–Crippen LogP) is 3.20. The zero-order chi connectivity index (χ0) is 15.3. The van der Waals surface area contributed by atoms with E-state index in [0.717, 1.165) is 24.9 Å². The Morgan fingerprint density at radius 2 is 2.14 bits per heavy atom. The standard InChI is InChI=1S/C16H23ClFNO2/c1-3-19-15(16(20-2)6-8-21-9-7-16)11-12-10-13(18)4-5-14(12)17/h4-5,10,15,19H,3,6-9,11H2,1-2H3. The van der Waals surface area contributed by atoms with Gasteiger partial charge in [0.05, 0.1) is 5.60 Å². The summed E-state index contributed by atoms with van der Waals surface area (Å²) in [7, 11) is 1.74. The Morgan fingerprint density at radius 1 is 1.43 bits per heavy atom. The zero-order valence-electron chi connectivity index (χ0n) is 12.6. The Hall–Kier alpha value is -0.680. The number of hydrogen-bond acceptors (Lipinski definition) is 3. The van der Waals surface area contributed by atoms with Gasteiger partial charge in [-0.3, -0.25) is 0 Å². The second-order valence-electron chi connectivity index (χ2n) is 5.43. The molecule has 1 aliphatic heterocycles. The number of halogens is 2. The van der Waals surface area contributed by atoms with Crippen LogP contribution in [0.4, 0.5) is 4.39 Å². The number of hydrogen-bond donors (Lipinski definition) is 1. The van der Waals surface area contributed by atoms with Crippen LogP contribution in [0, 0.1) is 5.82 Å². The van der Waals surface area contributed by atoms with Crippen LogP contribution >= 0.6 is 11.6 Å². The minimum atomic E-state index is -0.288. The number of methoxy groups -OCH3 is 1. The summed E-state index contributed by atoms with van der Waals surface area (Å²) in [5.41, 5.74) is 0.523. The highest BCUT2D eigenvalue weighted by molar-refractivity contribution is 6.31. The average Bonchev–Trinajstić information content (AvgIpc) is 2.51. The first-order valence-electron chi connectivity index (χ1n) is 7.41. The fourth-order valence-corrected chi connectivity index (χ4v) is 3.22. The van der Waals surface area contributed by atoms with Crippen molar-refractivity contribution >= 4 is 11.6 Å². The monoisotopic (exact) mass is 315 g/mol. The molecule has 0 radical (unpaired) electrons. The number of nitrogens with one attached hydrogen (secondary N) is 1. The molecule has 1 fully saturated rings. The highest BCUT2D eigenvalue weighted by atomic mass is 35.5. The summed E-state index contributed by atoms with van der Waals surface area (Å²) in [5.74, 6) is -0.261. The van der Waals surface area contributed by atoms with Gasteiger partial charge in [-0.1, -0.05) is 18.5 Å². The van der Waals surface area contributed by atoms with Crippen molar-refractivity contribution in [2.45, 2.75) is 37.8 Å². The molecule has 0 aliphatic carbocycles. The van der Waals surface area contributed by atoms with Gasteiger partial charge in [-0.2, -0.15) is 0 Å². The molecule has 1 N–H and O–H groups in total. The third-order valence-corrected chi connectivity index (χ3v) is 4.63. The second kappa shape index (κ2) is 7.54. The van der Waals surface area contributed by atoms with Crippen LogP contribution in [0.3, 0.4) is 0 Å². The molecule has 1 heterocycles. The van der Waals surface area contributed by atoms with E-state index in [1.165, 1.54) is 12.1 Å². The van der Waals surface area contributed by atoms with Gasteiger partial charge in [0.2, 0.25) is 0 Å². The SMILES string of the molecule is CCNC(Cc1cc(F)ccc1Cl)C1(OC)CCOCC1. The Kier molecular flexibility index (Phi) is 5.99. The number of likely N-dealkylation sites (N-methyl/N-ethyl adjacent to an activating group) is 1. The van der Waals surface area contributed by atoms with Crippen LogP contribution < -0.4 is 5.32 Å². The van der Waals surface area contributed by atoms with Crippen molar-refractivity contribution in [1.29, 1.82) is 0 Å². The summed E-state index contributed by atoms with van der Waals surface area (Å²) in [6.45, 7) is 4.26. The van der Waals surface area contributed by atoms with Crippen molar-refractivity contribution in [3.8, 4) is 0 Å². The van der Waals surface area contributed by atoms with Gasteiger partial charge in [0, 0.05) is 44.2 Å². The number of rotatable bonds is 6. The van der Waals surface area contributed by atoms with Gasteiger partial charge in [-0.25, -0.2) is 4.39 Å². The zero-order valence-corrected chi connectivity index (χ0v) is 13.4. The Balaban J connectivity index is 2.23. The van der Waals surface area contributed by atoms with E-state index < -0.39 is 0 Å². The van der Waals surface area contributed by atoms with E-state index in [4.69, 9.17) is 21.1 Å². The van der Waals surface area contributed by atoms with E-state index in [0.29, 0.717) is 24.7 Å². The molecule has 1 aromatic rings. The lowest BCUT2D eigenvalue weighted by atomic mass is 9.82. The predicted molar refractivity (Wildman–Crippen MR) is 82.4 cm³/mol. The summed E-state index contributed by atoms with van der Waals surface area (Å²) in [6, 6.07) is 4.58. The normalized spacial score (nSPS) is 19.4. The maximum Gasteiger partial charge on any atom is 0.123 e.